The molecule has 3 N–H and O–H groups in total. The number of nitrogen functional groups attached to an aromatic ring is 1. The van der Waals surface area contributed by atoms with Gasteiger partial charge in [0.25, 0.3) is 0 Å². The van der Waals surface area contributed by atoms with E-state index in [1.54, 1.807) is 6.20 Å². The zero-order valence-corrected chi connectivity index (χ0v) is 10.5. The first kappa shape index (κ1) is 12.1. The molecule has 4 heteroatoms. The molecule has 2 unspecified atom stereocenters. The van der Waals surface area contributed by atoms with Crippen LogP contribution in [0.3, 0.4) is 0 Å². The Labute approximate surface area is 103 Å². The Bertz CT molecular complexity index is 353. The maximum absolute atomic E-state index is 5.53. The van der Waals surface area contributed by atoms with Gasteiger partial charge < -0.3 is 11.1 Å². The van der Waals surface area contributed by atoms with Crippen molar-refractivity contribution >= 4 is 11.8 Å². The Balaban J connectivity index is 1.72. The molecule has 1 aliphatic rings. The normalized spacial score (nSPS) is 24.5. The van der Waals surface area contributed by atoms with E-state index in [1.807, 2.05) is 6.07 Å². The number of nitrogens with two attached hydrogens (primary N) is 1. The quantitative estimate of drug-likeness (QED) is 0.840. The maximum Gasteiger partial charge on any atom is 0.221 e. The lowest BCUT2D eigenvalue weighted by molar-refractivity contribution is 0.274. The zero-order valence-electron chi connectivity index (χ0n) is 10.5. The summed E-state index contributed by atoms with van der Waals surface area (Å²) in [6.45, 7) is 3.35. The van der Waals surface area contributed by atoms with Crippen LogP contribution in [0.4, 0.5) is 11.8 Å². The minimum Gasteiger partial charge on any atom is -0.370 e. The molecule has 2 rings (SSSR count). The fraction of sp³-hybridized carbons (Fsp3) is 0.692. The summed E-state index contributed by atoms with van der Waals surface area (Å²) in [5.74, 6) is 2.96. The van der Waals surface area contributed by atoms with Gasteiger partial charge in [0.1, 0.15) is 5.82 Å². The number of aromatic nitrogens is 2. The van der Waals surface area contributed by atoms with Crippen molar-refractivity contribution in [1.82, 2.24) is 9.97 Å². The lowest BCUT2D eigenvalue weighted by Gasteiger charge is -2.26. The van der Waals surface area contributed by atoms with E-state index in [1.165, 1.54) is 32.1 Å². The number of anilines is 2. The molecule has 0 bridgehead atoms. The number of hydrogen-bond donors (Lipinski definition) is 2. The highest BCUT2D eigenvalue weighted by Crippen LogP contribution is 2.30. The molecule has 1 aromatic rings. The van der Waals surface area contributed by atoms with Crippen molar-refractivity contribution in [1.29, 1.82) is 0 Å². The van der Waals surface area contributed by atoms with Gasteiger partial charge in [0.05, 0.1) is 0 Å². The highest BCUT2D eigenvalue weighted by molar-refractivity contribution is 5.37. The van der Waals surface area contributed by atoms with Gasteiger partial charge in [0.15, 0.2) is 0 Å². The third kappa shape index (κ3) is 3.88. The van der Waals surface area contributed by atoms with Crippen LogP contribution >= 0.6 is 0 Å². The van der Waals surface area contributed by atoms with Crippen molar-refractivity contribution in [2.24, 2.45) is 11.8 Å². The van der Waals surface area contributed by atoms with E-state index in [0.29, 0.717) is 5.95 Å². The van der Waals surface area contributed by atoms with Gasteiger partial charge in [0, 0.05) is 12.7 Å². The van der Waals surface area contributed by atoms with Gasteiger partial charge in [-0.2, -0.15) is 4.98 Å². The average molecular weight is 234 g/mol. The summed E-state index contributed by atoms with van der Waals surface area (Å²) in [7, 11) is 0. The van der Waals surface area contributed by atoms with E-state index in [0.717, 1.165) is 24.2 Å². The Hall–Kier alpha value is -1.32. The van der Waals surface area contributed by atoms with Gasteiger partial charge in [-0.25, -0.2) is 4.98 Å². The van der Waals surface area contributed by atoms with E-state index >= 15 is 0 Å². The summed E-state index contributed by atoms with van der Waals surface area (Å²) in [5.41, 5.74) is 5.53. The first-order valence-electron chi connectivity index (χ1n) is 6.56. The van der Waals surface area contributed by atoms with Crippen LogP contribution in [0.5, 0.6) is 0 Å². The Morgan fingerprint density at radius 2 is 2.35 bits per heavy atom. The first-order valence-corrected chi connectivity index (χ1v) is 6.56. The molecule has 1 saturated carbocycles. The fourth-order valence-electron chi connectivity index (χ4n) is 2.70. The van der Waals surface area contributed by atoms with Crippen LogP contribution in [0.1, 0.15) is 39.0 Å². The molecular weight excluding hydrogens is 212 g/mol. The smallest absolute Gasteiger partial charge is 0.221 e. The van der Waals surface area contributed by atoms with Crippen LogP contribution in [0, 0.1) is 11.8 Å². The molecule has 0 radical (unpaired) electrons. The predicted octanol–water partition coefficient (Wildman–Crippen LogP) is 2.69. The van der Waals surface area contributed by atoms with Crippen LogP contribution in [0.25, 0.3) is 0 Å². The summed E-state index contributed by atoms with van der Waals surface area (Å²) < 4.78 is 0. The van der Waals surface area contributed by atoms with Crippen molar-refractivity contribution in [3.8, 4) is 0 Å². The maximum atomic E-state index is 5.53. The lowest BCUT2D eigenvalue weighted by Crippen LogP contribution is -2.17. The van der Waals surface area contributed by atoms with E-state index in [4.69, 9.17) is 5.73 Å². The molecule has 1 aromatic heterocycles. The summed E-state index contributed by atoms with van der Waals surface area (Å²) in [4.78, 5) is 8.00. The average Bonchev–Trinajstić information content (AvgIpc) is 2.29. The van der Waals surface area contributed by atoms with Gasteiger partial charge in [-0.15, -0.1) is 0 Å². The van der Waals surface area contributed by atoms with E-state index in [2.05, 4.69) is 22.2 Å². The fourth-order valence-corrected chi connectivity index (χ4v) is 2.70. The summed E-state index contributed by atoms with van der Waals surface area (Å²) in [5, 5.41) is 3.32. The highest BCUT2D eigenvalue weighted by atomic mass is 15.1. The van der Waals surface area contributed by atoms with Crippen LogP contribution in [-0.4, -0.2) is 16.5 Å². The molecular formula is C13H22N4. The number of hydrogen-bond acceptors (Lipinski definition) is 4. The number of nitrogens with one attached hydrogen (secondary N) is 1. The number of rotatable bonds is 4. The summed E-state index contributed by atoms with van der Waals surface area (Å²) in [6, 6.07) is 1.86. The molecule has 94 valence electrons. The van der Waals surface area contributed by atoms with Gasteiger partial charge >= 0.3 is 0 Å². The van der Waals surface area contributed by atoms with Gasteiger partial charge in [0.2, 0.25) is 5.95 Å². The molecule has 2 atom stereocenters. The van der Waals surface area contributed by atoms with Gasteiger partial charge in [-0.05, 0) is 30.7 Å². The van der Waals surface area contributed by atoms with E-state index in [9.17, 15) is 0 Å². The minimum atomic E-state index is 0.335. The predicted molar refractivity (Wildman–Crippen MR) is 70.7 cm³/mol. The second-order valence-electron chi connectivity index (χ2n) is 5.15. The Morgan fingerprint density at radius 1 is 1.47 bits per heavy atom. The Morgan fingerprint density at radius 3 is 3.12 bits per heavy atom. The molecule has 0 aromatic carbocycles. The highest BCUT2D eigenvalue weighted by Gasteiger charge is 2.18. The molecule has 1 aliphatic carbocycles. The van der Waals surface area contributed by atoms with Gasteiger partial charge in [-0.3, -0.25) is 0 Å². The molecule has 0 spiro atoms. The first-order chi connectivity index (χ1) is 8.24. The molecule has 0 aliphatic heterocycles. The van der Waals surface area contributed by atoms with Gasteiger partial charge in [-0.1, -0.05) is 26.2 Å². The van der Waals surface area contributed by atoms with E-state index < -0.39 is 0 Å². The molecule has 4 nitrogen and oxygen atoms in total. The van der Waals surface area contributed by atoms with Crippen LogP contribution in [-0.2, 0) is 0 Å². The monoisotopic (exact) mass is 234 g/mol. The van der Waals surface area contributed by atoms with Crippen molar-refractivity contribution < 1.29 is 0 Å². The topological polar surface area (TPSA) is 63.8 Å². The SMILES string of the molecule is CC1CCCC(CCNc2ccnc(N)n2)C1. The van der Waals surface area contributed by atoms with Crippen LogP contribution < -0.4 is 11.1 Å². The molecule has 1 heterocycles. The van der Waals surface area contributed by atoms with E-state index in [-0.39, 0.29) is 0 Å². The molecule has 17 heavy (non-hydrogen) atoms. The standard InChI is InChI=1S/C13H22N4/c1-10-3-2-4-11(9-10)5-7-15-12-6-8-16-13(14)17-12/h6,8,10-11H,2-5,7,9H2,1H3,(H3,14,15,16,17). The number of nitrogens with zero attached hydrogens (tertiary/aromatic N) is 2. The molecule has 0 amide bonds. The zero-order chi connectivity index (χ0) is 12.1. The molecule has 1 fully saturated rings. The van der Waals surface area contributed by atoms with Crippen molar-refractivity contribution in [2.45, 2.75) is 39.0 Å². The van der Waals surface area contributed by atoms with Crippen molar-refractivity contribution in [2.75, 3.05) is 17.6 Å². The third-order valence-corrected chi connectivity index (χ3v) is 3.58. The van der Waals surface area contributed by atoms with Crippen LogP contribution in [0.15, 0.2) is 12.3 Å². The Kier molecular flexibility index (Phi) is 4.18. The lowest BCUT2D eigenvalue weighted by atomic mass is 9.81. The minimum absolute atomic E-state index is 0.335. The summed E-state index contributed by atoms with van der Waals surface area (Å²) in [6.07, 6.45) is 8.49. The van der Waals surface area contributed by atoms with Crippen LogP contribution in [0.2, 0.25) is 0 Å². The summed E-state index contributed by atoms with van der Waals surface area (Å²) >= 11 is 0. The second-order valence-corrected chi connectivity index (χ2v) is 5.15. The largest absolute Gasteiger partial charge is 0.370 e. The van der Waals surface area contributed by atoms with Crippen molar-refractivity contribution in [3.05, 3.63) is 12.3 Å². The molecule has 0 saturated heterocycles. The van der Waals surface area contributed by atoms with Crippen molar-refractivity contribution in [3.63, 3.8) is 0 Å². The third-order valence-electron chi connectivity index (χ3n) is 3.58. The second kappa shape index (κ2) is 5.84.